The van der Waals surface area contributed by atoms with Crippen molar-refractivity contribution in [2.45, 2.75) is 0 Å². The second-order valence-electron chi connectivity index (χ2n) is 4.30. The molecule has 22 heavy (non-hydrogen) atoms. The summed E-state index contributed by atoms with van der Waals surface area (Å²) in [5.41, 5.74) is 4.02. The molecule has 0 aliphatic rings. The van der Waals surface area contributed by atoms with Crippen LogP contribution in [0.25, 0.3) is 0 Å². The summed E-state index contributed by atoms with van der Waals surface area (Å²) in [6, 6.07) is 10.6. The van der Waals surface area contributed by atoms with E-state index < -0.39 is 11.9 Å². The first-order valence-corrected chi connectivity index (χ1v) is 6.50. The Bertz CT molecular complexity index is 742. The second-order valence-corrected chi connectivity index (χ2v) is 4.70. The molecule has 2 aromatic carbocycles. The van der Waals surface area contributed by atoms with Gasteiger partial charge >= 0.3 is 11.9 Å². The Morgan fingerprint density at radius 3 is 2.32 bits per heavy atom. The zero-order chi connectivity index (χ0) is 16.1. The minimum atomic E-state index is -1.12. The van der Waals surface area contributed by atoms with Gasteiger partial charge in [-0.15, -0.1) is 0 Å². The molecule has 2 rings (SSSR count). The summed E-state index contributed by atoms with van der Waals surface area (Å²) in [5.74, 6) is -2.12. The predicted molar refractivity (Wildman–Crippen MR) is 83.0 cm³/mol. The first kappa shape index (κ1) is 15.5. The van der Waals surface area contributed by atoms with Gasteiger partial charge in [-0.3, -0.25) is 5.43 Å². The fourth-order valence-electron chi connectivity index (χ4n) is 1.65. The highest BCUT2D eigenvalue weighted by Gasteiger charge is 2.08. The summed E-state index contributed by atoms with van der Waals surface area (Å²) in [6.45, 7) is 0. The van der Waals surface area contributed by atoms with Crippen LogP contribution < -0.4 is 5.43 Å². The third-order valence-electron chi connectivity index (χ3n) is 2.76. The largest absolute Gasteiger partial charge is 0.478 e. The van der Waals surface area contributed by atoms with Crippen LogP contribution in [0, 0.1) is 0 Å². The number of carbonyl (C=O) groups is 2. The number of hydrogen-bond acceptors (Lipinski definition) is 4. The summed E-state index contributed by atoms with van der Waals surface area (Å²) in [6.07, 6.45) is 1.49. The van der Waals surface area contributed by atoms with Crippen LogP contribution >= 0.6 is 11.6 Å². The van der Waals surface area contributed by atoms with Crippen LogP contribution in [0.2, 0.25) is 5.02 Å². The van der Waals surface area contributed by atoms with Crippen molar-refractivity contribution >= 4 is 35.4 Å². The summed E-state index contributed by atoms with van der Waals surface area (Å²) in [7, 11) is 0. The number of hydrogen-bond donors (Lipinski definition) is 3. The fourth-order valence-corrected chi connectivity index (χ4v) is 1.85. The number of carboxylic acids is 2. The predicted octanol–water partition coefficient (Wildman–Crippen LogP) is 3.18. The van der Waals surface area contributed by atoms with Crippen LogP contribution in [-0.4, -0.2) is 28.4 Å². The Morgan fingerprint density at radius 2 is 1.73 bits per heavy atom. The molecule has 0 spiro atoms. The van der Waals surface area contributed by atoms with Crippen molar-refractivity contribution in [3.8, 4) is 0 Å². The highest BCUT2D eigenvalue weighted by Crippen LogP contribution is 2.20. The van der Waals surface area contributed by atoms with Gasteiger partial charge < -0.3 is 10.2 Å². The van der Waals surface area contributed by atoms with E-state index in [4.69, 9.17) is 21.8 Å². The molecule has 0 bridgehead atoms. The zero-order valence-electron chi connectivity index (χ0n) is 11.2. The number of benzene rings is 2. The molecule has 0 fully saturated rings. The molecule has 0 saturated heterocycles. The Hall–Kier alpha value is -2.86. The summed E-state index contributed by atoms with van der Waals surface area (Å²) < 4.78 is 0. The molecule has 0 aliphatic heterocycles. The van der Waals surface area contributed by atoms with Crippen molar-refractivity contribution in [3.05, 3.63) is 64.2 Å². The fraction of sp³-hybridized carbons (Fsp3) is 0. The summed E-state index contributed by atoms with van der Waals surface area (Å²) in [5, 5.41) is 21.9. The van der Waals surface area contributed by atoms with Gasteiger partial charge in [0.1, 0.15) is 0 Å². The van der Waals surface area contributed by atoms with Crippen molar-refractivity contribution < 1.29 is 19.8 Å². The minimum absolute atomic E-state index is 0.0207. The first-order chi connectivity index (χ1) is 10.5. The van der Waals surface area contributed by atoms with E-state index in [0.717, 1.165) is 0 Å². The number of rotatable bonds is 5. The minimum Gasteiger partial charge on any atom is -0.478 e. The number of hydrazone groups is 1. The van der Waals surface area contributed by atoms with E-state index in [-0.39, 0.29) is 16.1 Å². The third kappa shape index (κ3) is 3.83. The molecule has 0 radical (unpaired) electrons. The van der Waals surface area contributed by atoms with Gasteiger partial charge in [0.2, 0.25) is 0 Å². The first-order valence-electron chi connectivity index (χ1n) is 6.12. The Labute approximate surface area is 130 Å². The molecule has 7 heteroatoms. The average Bonchev–Trinajstić information content (AvgIpc) is 2.49. The van der Waals surface area contributed by atoms with Crippen LogP contribution in [0.3, 0.4) is 0 Å². The maximum Gasteiger partial charge on any atom is 0.337 e. The Morgan fingerprint density at radius 1 is 1.05 bits per heavy atom. The van der Waals surface area contributed by atoms with E-state index in [9.17, 15) is 9.59 Å². The third-order valence-corrected chi connectivity index (χ3v) is 3.09. The molecule has 112 valence electrons. The SMILES string of the molecule is O=C(O)c1ccc(/C=N/Nc2ccc(Cl)c(C(=O)O)c2)cc1. The summed E-state index contributed by atoms with van der Waals surface area (Å²) >= 11 is 5.77. The molecule has 0 saturated carbocycles. The molecule has 0 atom stereocenters. The number of aromatic carboxylic acids is 2. The molecule has 0 amide bonds. The Balaban J connectivity index is 2.07. The highest BCUT2D eigenvalue weighted by atomic mass is 35.5. The van der Waals surface area contributed by atoms with Crippen molar-refractivity contribution in [1.82, 2.24) is 0 Å². The van der Waals surface area contributed by atoms with E-state index in [1.807, 2.05) is 0 Å². The molecular formula is C15H11ClN2O4. The normalized spacial score (nSPS) is 10.6. The molecule has 6 nitrogen and oxygen atoms in total. The van der Waals surface area contributed by atoms with Gasteiger partial charge in [-0.25, -0.2) is 9.59 Å². The molecule has 0 heterocycles. The van der Waals surface area contributed by atoms with Crippen LogP contribution in [0.15, 0.2) is 47.6 Å². The van der Waals surface area contributed by atoms with E-state index in [1.165, 1.54) is 30.5 Å². The quantitative estimate of drug-likeness (QED) is 0.581. The molecule has 0 unspecified atom stereocenters. The number of carboxylic acid groups (broad SMARTS) is 2. The van der Waals surface area contributed by atoms with Crippen molar-refractivity contribution in [2.75, 3.05) is 5.43 Å². The lowest BCUT2D eigenvalue weighted by atomic mass is 10.1. The topological polar surface area (TPSA) is 99.0 Å². The maximum atomic E-state index is 11.0. The lowest BCUT2D eigenvalue weighted by Crippen LogP contribution is -1.99. The van der Waals surface area contributed by atoms with E-state index in [0.29, 0.717) is 11.3 Å². The van der Waals surface area contributed by atoms with Gasteiger partial charge in [0.15, 0.2) is 0 Å². The van der Waals surface area contributed by atoms with Crippen LogP contribution in [0.4, 0.5) is 5.69 Å². The lowest BCUT2D eigenvalue weighted by molar-refractivity contribution is 0.0686. The molecule has 0 aliphatic carbocycles. The van der Waals surface area contributed by atoms with Gasteiger partial charge in [-0.1, -0.05) is 23.7 Å². The lowest BCUT2D eigenvalue weighted by Gasteiger charge is -2.03. The van der Waals surface area contributed by atoms with Crippen LogP contribution in [-0.2, 0) is 0 Å². The maximum absolute atomic E-state index is 11.0. The smallest absolute Gasteiger partial charge is 0.337 e. The number of anilines is 1. The monoisotopic (exact) mass is 318 g/mol. The van der Waals surface area contributed by atoms with Crippen molar-refractivity contribution in [3.63, 3.8) is 0 Å². The van der Waals surface area contributed by atoms with E-state index in [2.05, 4.69) is 10.5 Å². The standard InChI is InChI=1S/C15H11ClN2O4/c16-13-6-5-11(7-12(13)15(21)22)18-17-8-9-1-3-10(4-2-9)14(19)20/h1-8,18H,(H,19,20)(H,21,22)/b17-8+. The van der Waals surface area contributed by atoms with Crippen molar-refractivity contribution in [1.29, 1.82) is 0 Å². The zero-order valence-corrected chi connectivity index (χ0v) is 11.9. The molecule has 0 aromatic heterocycles. The van der Waals surface area contributed by atoms with Gasteiger partial charge in [-0.05, 0) is 35.9 Å². The molecule has 3 N–H and O–H groups in total. The highest BCUT2D eigenvalue weighted by molar-refractivity contribution is 6.33. The average molecular weight is 319 g/mol. The Kier molecular flexibility index (Phi) is 4.75. The van der Waals surface area contributed by atoms with Crippen LogP contribution in [0.5, 0.6) is 0 Å². The van der Waals surface area contributed by atoms with Gasteiger partial charge in [0, 0.05) is 0 Å². The van der Waals surface area contributed by atoms with Gasteiger partial charge in [0.25, 0.3) is 0 Å². The molecule has 2 aromatic rings. The molecular weight excluding hydrogens is 308 g/mol. The van der Waals surface area contributed by atoms with Gasteiger partial charge in [0.05, 0.1) is 28.1 Å². The van der Waals surface area contributed by atoms with Crippen molar-refractivity contribution in [2.24, 2.45) is 5.10 Å². The number of halogens is 1. The van der Waals surface area contributed by atoms with E-state index in [1.54, 1.807) is 18.2 Å². The second kappa shape index (κ2) is 6.73. The van der Waals surface area contributed by atoms with Crippen LogP contribution in [0.1, 0.15) is 26.3 Å². The van der Waals surface area contributed by atoms with E-state index >= 15 is 0 Å². The number of nitrogens with one attached hydrogen (secondary N) is 1. The summed E-state index contributed by atoms with van der Waals surface area (Å²) in [4.78, 5) is 21.7. The van der Waals surface area contributed by atoms with Gasteiger partial charge in [-0.2, -0.15) is 5.10 Å². The number of nitrogens with zero attached hydrogens (tertiary/aromatic N) is 1.